The molecular formula is C32H38FN3O2. The number of ether oxygens (including phenoxy) is 1. The number of carbonyl (C=O) groups excluding carboxylic acids is 1. The molecule has 3 aromatic carbocycles. The van der Waals surface area contributed by atoms with E-state index >= 15 is 4.39 Å². The van der Waals surface area contributed by atoms with E-state index in [2.05, 4.69) is 36.1 Å². The van der Waals surface area contributed by atoms with E-state index in [9.17, 15) is 4.79 Å². The summed E-state index contributed by atoms with van der Waals surface area (Å²) >= 11 is 0. The Morgan fingerprint density at radius 3 is 2.24 bits per heavy atom. The third-order valence-corrected chi connectivity index (χ3v) is 7.82. The second-order valence-corrected chi connectivity index (χ2v) is 10.4. The van der Waals surface area contributed by atoms with Crippen LogP contribution in [0.1, 0.15) is 36.5 Å². The molecule has 2 saturated heterocycles. The highest BCUT2D eigenvalue weighted by atomic mass is 19.1. The number of piperidine rings is 1. The Kier molecular flexibility index (Phi) is 8.72. The minimum Gasteiger partial charge on any atom is -0.378 e. The number of aryl methyl sites for hydroxylation is 1. The summed E-state index contributed by atoms with van der Waals surface area (Å²) in [6.07, 6.45) is 2.67. The average molecular weight is 516 g/mol. The van der Waals surface area contributed by atoms with Crippen LogP contribution in [0, 0.1) is 11.7 Å². The fraction of sp³-hybridized carbons (Fsp3) is 0.406. The van der Waals surface area contributed by atoms with Crippen molar-refractivity contribution in [1.82, 2.24) is 4.90 Å². The van der Waals surface area contributed by atoms with Crippen molar-refractivity contribution in [3.05, 3.63) is 95.3 Å². The zero-order valence-electron chi connectivity index (χ0n) is 22.3. The molecule has 0 aliphatic carbocycles. The fourth-order valence-corrected chi connectivity index (χ4v) is 5.48. The number of hydrogen-bond donors (Lipinski definition) is 0. The van der Waals surface area contributed by atoms with Crippen LogP contribution in [-0.4, -0.2) is 50.2 Å². The summed E-state index contributed by atoms with van der Waals surface area (Å²) in [4.78, 5) is 20.1. The van der Waals surface area contributed by atoms with Crippen LogP contribution in [0.2, 0.25) is 0 Å². The van der Waals surface area contributed by atoms with Gasteiger partial charge < -0.3 is 14.5 Å². The van der Waals surface area contributed by atoms with E-state index in [1.54, 1.807) is 4.90 Å². The minimum atomic E-state index is -0.292. The molecule has 2 aliphatic rings. The number of amides is 1. The maximum atomic E-state index is 15.3. The van der Waals surface area contributed by atoms with Crippen molar-refractivity contribution in [2.45, 2.75) is 39.3 Å². The van der Waals surface area contributed by atoms with Gasteiger partial charge in [-0.2, -0.15) is 0 Å². The lowest BCUT2D eigenvalue weighted by molar-refractivity contribution is -0.124. The van der Waals surface area contributed by atoms with Gasteiger partial charge in [0, 0.05) is 31.2 Å². The lowest BCUT2D eigenvalue weighted by Gasteiger charge is -2.35. The first kappa shape index (κ1) is 26.4. The smallest absolute Gasteiger partial charge is 0.230 e. The summed E-state index contributed by atoms with van der Waals surface area (Å²) in [5.74, 6) is -0.280. The number of rotatable bonds is 8. The van der Waals surface area contributed by atoms with E-state index < -0.39 is 0 Å². The Balaban J connectivity index is 1.29. The Morgan fingerprint density at radius 2 is 1.58 bits per heavy atom. The van der Waals surface area contributed by atoms with Gasteiger partial charge in [-0.15, -0.1) is 0 Å². The van der Waals surface area contributed by atoms with Crippen molar-refractivity contribution in [3.63, 3.8) is 0 Å². The molecule has 0 aromatic heterocycles. The van der Waals surface area contributed by atoms with E-state index in [1.807, 2.05) is 47.4 Å². The Morgan fingerprint density at radius 1 is 0.895 bits per heavy atom. The first-order valence-corrected chi connectivity index (χ1v) is 13.9. The predicted molar refractivity (Wildman–Crippen MR) is 151 cm³/mol. The molecule has 2 aliphatic heterocycles. The summed E-state index contributed by atoms with van der Waals surface area (Å²) in [7, 11) is 0. The van der Waals surface area contributed by atoms with Gasteiger partial charge in [-0.3, -0.25) is 9.69 Å². The van der Waals surface area contributed by atoms with Gasteiger partial charge in [-0.1, -0.05) is 61.5 Å². The minimum absolute atomic E-state index is 0.0700. The van der Waals surface area contributed by atoms with Crippen LogP contribution in [0.4, 0.5) is 15.8 Å². The number of likely N-dealkylation sites (tertiary alicyclic amines) is 1. The van der Waals surface area contributed by atoms with Gasteiger partial charge in [0.1, 0.15) is 5.82 Å². The third kappa shape index (κ3) is 6.43. The highest BCUT2D eigenvalue weighted by molar-refractivity contribution is 5.95. The maximum absolute atomic E-state index is 15.3. The van der Waals surface area contributed by atoms with Crippen molar-refractivity contribution >= 4 is 17.3 Å². The average Bonchev–Trinajstić information content (AvgIpc) is 2.97. The normalized spacial score (nSPS) is 16.9. The Labute approximate surface area is 225 Å². The molecule has 0 bridgehead atoms. The van der Waals surface area contributed by atoms with E-state index in [-0.39, 0.29) is 17.6 Å². The third-order valence-electron chi connectivity index (χ3n) is 7.82. The van der Waals surface area contributed by atoms with E-state index in [1.165, 1.54) is 17.2 Å². The van der Waals surface area contributed by atoms with E-state index in [0.29, 0.717) is 44.2 Å². The van der Waals surface area contributed by atoms with Gasteiger partial charge in [0.15, 0.2) is 0 Å². The maximum Gasteiger partial charge on any atom is 0.230 e. The fourth-order valence-electron chi connectivity index (χ4n) is 5.48. The molecule has 3 aromatic rings. The molecule has 38 heavy (non-hydrogen) atoms. The quantitative estimate of drug-likeness (QED) is 0.387. The molecule has 0 unspecified atom stereocenters. The van der Waals surface area contributed by atoms with Crippen molar-refractivity contribution in [1.29, 1.82) is 0 Å². The summed E-state index contributed by atoms with van der Waals surface area (Å²) < 4.78 is 20.7. The van der Waals surface area contributed by atoms with Gasteiger partial charge in [-0.05, 0) is 67.2 Å². The molecule has 0 spiro atoms. The van der Waals surface area contributed by atoms with Crippen molar-refractivity contribution in [2.75, 3.05) is 49.2 Å². The monoisotopic (exact) mass is 515 g/mol. The molecule has 6 heteroatoms. The summed E-state index contributed by atoms with van der Waals surface area (Å²) in [5.41, 5.74) is 4.89. The topological polar surface area (TPSA) is 36.0 Å². The zero-order valence-corrected chi connectivity index (χ0v) is 22.3. The van der Waals surface area contributed by atoms with Gasteiger partial charge in [-0.25, -0.2) is 4.39 Å². The number of benzene rings is 3. The largest absolute Gasteiger partial charge is 0.378 e. The van der Waals surface area contributed by atoms with Crippen molar-refractivity contribution in [3.8, 4) is 0 Å². The van der Waals surface area contributed by atoms with Crippen LogP contribution in [0.5, 0.6) is 0 Å². The van der Waals surface area contributed by atoms with Crippen molar-refractivity contribution in [2.24, 2.45) is 5.92 Å². The van der Waals surface area contributed by atoms with Crippen LogP contribution in [0.25, 0.3) is 0 Å². The second kappa shape index (κ2) is 12.5. The first-order valence-electron chi connectivity index (χ1n) is 13.9. The number of halogens is 1. The molecule has 0 saturated carbocycles. The number of nitrogens with zero attached hydrogens (tertiary/aromatic N) is 3. The molecule has 5 nitrogen and oxygen atoms in total. The van der Waals surface area contributed by atoms with Gasteiger partial charge >= 0.3 is 0 Å². The van der Waals surface area contributed by atoms with Crippen LogP contribution in [-0.2, 0) is 29.0 Å². The predicted octanol–water partition coefficient (Wildman–Crippen LogP) is 5.67. The molecule has 2 heterocycles. The van der Waals surface area contributed by atoms with Gasteiger partial charge in [0.25, 0.3) is 0 Å². The second-order valence-electron chi connectivity index (χ2n) is 10.4. The summed E-state index contributed by atoms with van der Waals surface area (Å²) in [6.45, 7) is 7.82. The van der Waals surface area contributed by atoms with E-state index in [4.69, 9.17) is 4.74 Å². The molecule has 200 valence electrons. The van der Waals surface area contributed by atoms with Crippen molar-refractivity contribution < 1.29 is 13.9 Å². The number of anilines is 2. The number of hydrogen-bond acceptors (Lipinski definition) is 4. The first-order chi connectivity index (χ1) is 18.6. The lowest BCUT2D eigenvalue weighted by Crippen LogP contribution is -2.42. The van der Waals surface area contributed by atoms with Gasteiger partial charge in [0.05, 0.1) is 25.4 Å². The standard InChI is InChI=1S/C32H38FN3O2/c1-2-25-8-10-27(11-9-25)23-34-16-14-28(15-17-34)32(37)36(24-26-6-4-3-5-7-26)29-12-13-31(30(33)22-29)35-18-20-38-21-19-35/h3-13,22,28H,2,14-21,23-24H2,1H3. The highest BCUT2D eigenvalue weighted by Gasteiger charge is 2.30. The van der Waals surface area contributed by atoms with Crippen LogP contribution >= 0.6 is 0 Å². The van der Waals surface area contributed by atoms with E-state index in [0.717, 1.165) is 44.5 Å². The molecule has 2 fully saturated rings. The van der Waals surface area contributed by atoms with Crippen LogP contribution < -0.4 is 9.80 Å². The number of carbonyl (C=O) groups is 1. The zero-order chi connectivity index (χ0) is 26.3. The Bertz CT molecular complexity index is 1190. The SMILES string of the molecule is CCc1ccc(CN2CCC(C(=O)N(Cc3ccccc3)c3ccc(N4CCOCC4)c(F)c3)CC2)cc1. The summed E-state index contributed by atoms with van der Waals surface area (Å²) in [6, 6.07) is 24.0. The van der Waals surface area contributed by atoms with Crippen LogP contribution in [0.3, 0.4) is 0 Å². The van der Waals surface area contributed by atoms with Crippen LogP contribution in [0.15, 0.2) is 72.8 Å². The lowest BCUT2D eigenvalue weighted by atomic mass is 9.94. The Hall–Kier alpha value is -3.22. The molecule has 0 atom stereocenters. The number of morpholine rings is 1. The summed E-state index contributed by atoms with van der Waals surface area (Å²) in [5, 5.41) is 0. The highest BCUT2D eigenvalue weighted by Crippen LogP contribution is 2.30. The molecule has 1 amide bonds. The molecular weight excluding hydrogens is 477 g/mol. The molecule has 0 N–H and O–H groups in total. The molecule has 0 radical (unpaired) electrons. The molecule has 5 rings (SSSR count). The van der Waals surface area contributed by atoms with Gasteiger partial charge in [0.2, 0.25) is 5.91 Å².